The molecule has 3 aromatic rings. The van der Waals surface area contributed by atoms with E-state index < -0.39 is 9.84 Å². The van der Waals surface area contributed by atoms with Crippen LogP contribution in [0.15, 0.2) is 59.5 Å². The Balaban J connectivity index is 1.64. The van der Waals surface area contributed by atoms with Crippen molar-refractivity contribution in [1.29, 1.82) is 0 Å². The molecule has 2 N–H and O–H groups in total. The fourth-order valence-electron chi connectivity index (χ4n) is 2.66. The Kier molecular flexibility index (Phi) is 6.05. The van der Waals surface area contributed by atoms with Gasteiger partial charge in [0, 0.05) is 12.1 Å². The number of amides is 1. The Bertz CT molecular complexity index is 1120. The van der Waals surface area contributed by atoms with E-state index in [9.17, 15) is 13.2 Å². The van der Waals surface area contributed by atoms with E-state index in [-0.39, 0.29) is 29.6 Å². The predicted octanol–water partition coefficient (Wildman–Crippen LogP) is 2.51. The summed E-state index contributed by atoms with van der Waals surface area (Å²) in [7, 11) is -3.44. The number of sulfone groups is 1. The van der Waals surface area contributed by atoms with Crippen molar-refractivity contribution in [3.63, 3.8) is 0 Å². The zero-order valence-corrected chi connectivity index (χ0v) is 16.9. The van der Waals surface area contributed by atoms with Crippen molar-refractivity contribution >= 4 is 28.0 Å². The first-order chi connectivity index (χ1) is 13.4. The Morgan fingerprint density at radius 2 is 1.82 bits per heavy atom. The van der Waals surface area contributed by atoms with Crippen LogP contribution in [-0.4, -0.2) is 41.4 Å². The Morgan fingerprint density at radius 1 is 1.14 bits per heavy atom. The third-order valence-electron chi connectivity index (χ3n) is 4.17. The summed E-state index contributed by atoms with van der Waals surface area (Å²) in [5, 5.41) is 9.53. The first-order valence-corrected chi connectivity index (χ1v) is 10.7. The number of hydrogen-bond donors (Lipinski definition) is 2. The number of rotatable bonds is 7. The van der Waals surface area contributed by atoms with E-state index in [1.54, 1.807) is 22.8 Å². The number of carbonyl (C=O) groups excluding carboxylic acids is 1. The van der Waals surface area contributed by atoms with Crippen LogP contribution in [0.2, 0.25) is 0 Å². The van der Waals surface area contributed by atoms with Crippen LogP contribution in [-0.2, 0) is 21.2 Å². The summed E-state index contributed by atoms with van der Waals surface area (Å²) in [4.78, 5) is 12.5. The highest BCUT2D eigenvalue weighted by Gasteiger charge is 2.15. The summed E-state index contributed by atoms with van der Waals surface area (Å²) in [6.07, 6.45) is 0. The van der Waals surface area contributed by atoms with Crippen LogP contribution >= 0.6 is 12.2 Å². The number of aryl methyl sites for hydroxylation is 1. The van der Waals surface area contributed by atoms with Gasteiger partial charge in [0.1, 0.15) is 6.54 Å². The van der Waals surface area contributed by atoms with Gasteiger partial charge < -0.3 is 5.32 Å². The summed E-state index contributed by atoms with van der Waals surface area (Å²) >= 11 is 5.22. The van der Waals surface area contributed by atoms with Crippen molar-refractivity contribution in [3.05, 3.63) is 64.9 Å². The number of aromatic amines is 1. The second-order valence-corrected chi connectivity index (χ2v) is 8.78. The quantitative estimate of drug-likeness (QED) is 0.577. The number of carbonyl (C=O) groups is 1. The van der Waals surface area contributed by atoms with Crippen LogP contribution in [0.3, 0.4) is 0 Å². The van der Waals surface area contributed by atoms with E-state index >= 15 is 0 Å². The Hall–Kier alpha value is -2.78. The summed E-state index contributed by atoms with van der Waals surface area (Å²) < 4.78 is 26.4. The molecule has 3 rings (SSSR count). The molecule has 2 aromatic carbocycles. The van der Waals surface area contributed by atoms with Crippen LogP contribution in [0.25, 0.3) is 11.4 Å². The van der Waals surface area contributed by atoms with Gasteiger partial charge in [-0.3, -0.25) is 14.5 Å². The van der Waals surface area contributed by atoms with Gasteiger partial charge in [-0.05, 0) is 31.3 Å². The SMILES string of the molecule is Cc1ccc(-c2n[nH]c(=S)n2CC(=O)NCCS(=O)(=O)c2ccccc2)cc1. The molecule has 1 amide bonds. The highest BCUT2D eigenvalue weighted by molar-refractivity contribution is 7.91. The van der Waals surface area contributed by atoms with E-state index in [2.05, 4.69) is 15.5 Å². The lowest BCUT2D eigenvalue weighted by Gasteiger charge is -2.09. The zero-order valence-electron chi connectivity index (χ0n) is 15.3. The molecule has 7 nitrogen and oxygen atoms in total. The second kappa shape index (κ2) is 8.49. The largest absolute Gasteiger partial charge is 0.354 e. The number of aromatic nitrogens is 3. The van der Waals surface area contributed by atoms with Gasteiger partial charge in [-0.15, -0.1) is 0 Å². The minimum atomic E-state index is -3.44. The van der Waals surface area contributed by atoms with E-state index in [1.807, 2.05) is 31.2 Å². The van der Waals surface area contributed by atoms with Gasteiger partial charge in [-0.1, -0.05) is 48.0 Å². The van der Waals surface area contributed by atoms with Crippen LogP contribution in [0.1, 0.15) is 5.56 Å². The molecule has 0 aliphatic rings. The molecule has 0 aliphatic carbocycles. The normalized spacial score (nSPS) is 11.3. The molecule has 0 spiro atoms. The lowest BCUT2D eigenvalue weighted by Crippen LogP contribution is -2.32. The predicted molar refractivity (Wildman–Crippen MR) is 109 cm³/mol. The maximum absolute atomic E-state index is 12.3. The van der Waals surface area contributed by atoms with E-state index in [0.29, 0.717) is 10.6 Å². The van der Waals surface area contributed by atoms with Crippen molar-refractivity contribution < 1.29 is 13.2 Å². The number of benzene rings is 2. The van der Waals surface area contributed by atoms with Crippen LogP contribution < -0.4 is 5.32 Å². The van der Waals surface area contributed by atoms with E-state index in [1.165, 1.54) is 12.1 Å². The highest BCUT2D eigenvalue weighted by atomic mass is 32.2. The molecule has 0 fully saturated rings. The van der Waals surface area contributed by atoms with E-state index in [4.69, 9.17) is 12.2 Å². The summed E-state index contributed by atoms with van der Waals surface area (Å²) in [5.74, 6) is 0.0378. The van der Waals surface area contributed by atoms with Crippen molar-refractivity contribution in [1.82, 2.24) is 20.1 Å². The van der Waals surface area contributed by atoms with Gasteiger partial charge in [0.2, 0.25) is 5.91 Å². The lowest BCUT2D eigenvalue weighted by molar-refractivity contribution is -0.121. The molecule has 0 atom stereocenters. The van der Waals surface area contributed by atoms with Gasteiger partial charge >= 0.3 is 0 Å². The molecule has 0 unspecified atom stereocenters. The molecule has 0 aliphatic heterocycles. The third kappa shape index (κ3) is 4.73. The molecule has 1 heterocycles. The number of nitrogens with one attached hydrogen (secondary N) is 2. The molecule has 0 saturated heterocycles. The molecule has 0 radical (unpaired) electrons. The first-order valence-electron chi connectivity index (χ1n) is 8.63. The van der Waals surface area contributed by atoms with Crippen molar-refractivity contribution in [2.45, 2.75) is 18.4 Å². The summed E-state index contributed by atoms with van der Waals surface area (Å²) in [6.45, 7) is 1.95. The first kappa shape index (κ1) is 20.0. The number of H-pyrrole nitrogens is 1. The second-order valence-electron chi connectivity index (χ2n) is 6.29. The number of hydrogen-bond acceptors (Lipinski definition) is 5. The van der Waals surface area contributed by atoms with Crippen molar-refractivity contribution in [2.24, 2.45) is 0 Å². The molecule has 1 aromatic heterocycles. The maximum Gasteiger partial charge on any atom is 0.240 e. The van der Waals surface area contributed by atoms with E-state index in [0.717, 1.165) is 11.1 Å². The minimum Gasteiger partial charge on any atom is -0.354 e. The van der Waals surface area contributed by atoms with Gasteiger partial charge in [0.25, 0.3) is 0 Å². The molecule has 146 valence electrons. The molecule has 9 heteroatoms. The van der Waals surface area contributed by atoms with Gasteiger partial charge in [-0.2, -0.15) is 5.10 Å². The molecular weight excluding hydrogens is 396 g/mol. The highest BCUT2D eigenvalue weighted by Crippen LogP contribution is 2.17. The maximum atomic E-state index is 12.3. The van der Waals surface area contributed by atoms with Gasteiger partial charge in [0.15, 0.2) is 20.4 Å². The summed E-state index contributed by atoms with van der Waals surface area (Å²) in [6, 6.07) is 15.9. The number of nitrogens with zero attached hydrogens (tertiary/aromatic N) is 2. The third-order valence-corrected chi connectivity index (χ3v) is 6.21. The Labute approximate surface area is 168 Å². The molecule has 0 saturated carbocycles. The van der Waals surface area contributed by atoms with Crippen molar-refractivity contribution in [2.75, 3.05) is 12.3 Å². The Morgan fingerprint density at radius 3 is 2.50 bits per heavy atom. The van der Waals surface area contributed by atoms with Gasteiger partial charge in [0.05, 0.1) is 10.6 Å². The average molecular weight is 417 g/mol. The molecular formula is C19H20N4O3S2. The van der Waals surface area contributed by atoms with Crippen molar-refractivity contribution in [3.8, 4) is 11.4 Å². The minimum absolute atomic E-state index is 0.0150. The fourth-order valence-corrected chi connectivity index (χ4v) is 4.03. The monoisotopic (exact) mass is 416 g/mol. The topological polar surface area (TPSA) is 96.8 Å². The molecule has 28 heavy (non-hydrogen) atoms. The van der Waals surface area contributed by atoms with Crippen LogP contribution in [0.5, 0.6) is 0 Å². The van der Waals surface area contributed by atoms with Crippen LogP contribution in [0.4, 0.5) is 0 Å². The lowest BCUT2D eigenvalue weighted by atomic mass is 10.1. The molecule has 0 bridgehead atoms. The fraction of sp³-hybridized carbons (Fsp3) is 0.211. The van der Waals surface area contributed by atoms with Crippen LogP contribution in [0, 0.1) is 11.7 Å². The zero-order chi connectivity index (χ0) is 20.1. The smallest absolute Gasteiger partial charge is 0.240 e. The summed E-state index contributed by atoms with van der Waals surface area (Å²) in [5.41, 5.74) is 1.94. The standard InChI is InChI=1S/C19H20N4O3S2/c1-14-7-9-15(10-8-14)18-21-22-19(27)23(18)13-17(24)20-11-12-28(25,26)16-5-3-2-4-6-16/h2-10H,11-13H2,1H3,(H,20,24)(H,22,27). The average Bonchev–Trinajstić information content (AvgIpc) is 3.03. The van der Waals surface area contributed by atoms with Gasteiger partial charge in [-0.25, -0.2) is 8.42 Å².